The van der Waals surface area contributed by atoms with Crippen molar-refractivity contribution in [3.8, 4) is 0 Å². The molecule has 2 heterocycles. The van der Waals surface area contributed by atoms with Crippen LogP contribution in [0, 0.1) is 20.8 Å². The average molecular weight is 449 g/mol. The standard InChI is InChI=1S/C27H24N6O/c1-16-9-12-19(13-10-16)15-29-33-25(28)23(27(34)32-22-14-17(2)8-11-18(22)3)24-26(33)31-21-7-5-4-6-20(21)30-24/h4-15H,28H2,1-3H3,(H,32,34)/b29-15+. The first-order valence-corrected chi connectivity index (χ1v) is 11.0. The number of para-hydroxylation sites is 2. The van der Waals surface area contributed by atoms with Gasteiger partial charge >= 0.3 is 0 Å². The molecule has 3 aromatic carbocycles. The first kappa shape index (κ1) is 21.3. The molecule has 3 N–H and O–H groups in total. The summed E-state index contributed by atoms with van der Waals surface area (Å²) in [5, 5.41) is 7.56. The lowest BCUT2D eigenvalue weighted by atomic mass is 10.1. The van der Waals surface area contributed by atoms with Gasteiger partial charge in [-0.15, -0.1) is 0 Å². The Morgan fingerprint density at radius 1 is 0.941 bits per heavy atom. The fourth-order valence-corrected chi connectivity index (χ4v) is 3.82. The van der Waals surface area contributed by atoms with Gasteiger partial charge in [0.15, 0.2) is 5.65 Å². The summed E-state index contributed by atoms with van der Waals surface area (Å²) in [5.41, 5.74) is 13.7. The van der Waals surface area contributed by atoms with E-state index in [0.717, 1.165) is 27.9 Å². The summed E-state index contributed by atoms with van der Waals surface area (Å²) >= 11 is 0. The summed E-state index contributed by atoms with van der Waals surface area (Å²) in [7, 11) is 0. The smallest absolute Gasteiger partial charge is 0.261 e. The second-order valence-corrected chi connectivity index (χ2v) is 8.38. The maximum Gasteiger partial charge on any atom is 0.261 e. The number of amides is 1. The minimum absolute atomic E-state index is 0.177. The molecule has 0 radical (unpaired) electrons. The number of hydrogen-bond donors (Lipinski definition) is 2. The predicted octanol–water partition coefficient (Wildman–Crippen LogP) is 5.23. The molecule has 168 valence electrons. The highest BCUT2D eigenvalue weighted by molar-refractivity contribution is 6.16. The van der Waals surface area contributed by atoms with Gasteiger partial charge in [0, 0.05) is 5.69 Å². The summed E-state index contributed by atoms with van der Waals surface area (Å²) in [5.74, 6) is -0.179. The summed E-state index contributed by atoms with van der Waals surface area (Å²) < 4.78 is 1.48. The molecule has 0 bridgehead atoms. The van der Waals surface area contributed by atoms with Gasteiger partial charge in [0.25, 0.3) is 5.91 Å². The Bertz CT molecular complexity index is 1580. The molecule has 0 aliphatic heterocycles. The Morgan fingerprint density at radius 3 is 2.35 bits per heavy atom. The van der Waals surface area contributed by atoms with Crippen molar-refractivity contribution in [2.45, 2.75) is 20.8 Å². The molecule has 1 amide bonds. The molecule has 0 fully saturated rings. The van der Waals surface area contributed by atoms with Crippen molar-refractivity contribution in [1.82, 2.24) is 14.6 Å². The van der Waals surface area contributed by atoms with E-state index in [1.54, 1.807) is 6.21 Å². The lowest BCUT2D eigenvalue weighted by Crippen LogP contribution is -2.15. The first-order chi connectivity index (χ1) is 16.4. The van der Waals surface area contributed by atoms with E-state index < -0.39 is 0 Å². The van der Waals surface area contributed by atoms with Gasteiger partial charge < -0.3 is 11.1 Å². The van der Waals surface area contributed by atoms with E-state index in [9.17, 15) is 4.79 Å². The van der Waals surface area contributed by atoms with E-state index >= 15 is 0 Å². The van der Waals surface area contributed by atoms with Gasteiger partial charge in [0.2, 0.25) is 0 Å². The maximum absolute atomic E-state index is 13.4. The number of aromatic nitrogens is 3. The van der Waals surface area contributed by atoms with Crippen LogP contribution in [0.5, 0.6) is 0 Å². The molecular weight excluding hydrogens is 424 g/mol. The molecular formula is C27H24N6O. The molecule has 0 saturated heterocycles. The normalized spacial score (nSPS) is 11.5. The fourth-order valence-electron chi connectivity index (χ4n) is 3.82. The minimum atomic E-state index is -0.356. The quantitative estimate of drug-likeness (QED) is 0.368. The Kier molecular flexibility index (Phi) is 5.30. The summed E-state index contributed by atoms with van der Waals surface area (Å²) in [6.07, 6.45) is 1.69. The molecule has 7 nitrogen and oxygen atoms in total. The number of nitrogens with two attached hydrogens (primary N) is 1. The second kappa shape index (κ2) is 8.44. The monoisotopic (exact) mass is 448 g/mol. The van der Waals surface area contributed by atoms with Crippen LogP contribution in [0.25, 0.3) is 22.2 Å². The maximum atomic E-state index is 13.4. The van der Waals surface area contributed by atoms with Crippen molar-refractivity contribution in [3.63, 3.8) is 0 Å². The average Bonchev–Trinajstić information content (AvgIpc) is 3.09. The molecule has 0 unspecified atom stereocenters. The first-order valence-electron chi connectivity index (χ1n) is 11.0. The van der Waals surface area contributed by atoms with Crippen molar-refractivity contribution in [1.29, 1.82) is 0 Å². The van der Waals surface area contributed by atoms with Crippen LogP contribution in [-0.4, -0.2) is 26.8 Å². The lowest BCUT2D eigenvalue weighted by Gasteiger charge is -2.09. The zero-order valence-electron chi connectivity index (χ0n) is 19.2. The third kappa shape index (κ3) is 3.88. The Hall–Kier alpha value is -4.52. The van der Waals surface area contributed by atoms with E-state index in [4.69, 9.17) is 15.7 Å². The van der Waals surface area contributed by atoms with Crippen LogP contribution in [-0.2, 0) is 0 Å². The highest BCUT2D eigenvalue weighted by Gasteiger charge is 2.24. The molecule has 0 saturated carbocycles. The number of aryl methyl sites for hydroxylation is 3. The zero-order valence-corrected chi connectivity index (χ0v) is 19.2. The minimum Gasteiger partial charge on any atom is -0.383 e. The molecule has 34 heavy (non-hydrogen) atoms. The number of nitrogens with one attached hydrogen (secondary N) is 1. The lowest BCUT2D eigenvalue weighted by molar-refractivity contribution is 0.102. The van der Waals surface area contributed by atoms with Crippen LogP contribution in [0.2, 0.25) is 0 Å². The van der Waals surface area contributed by atoms with Crippen LogP contribution in [0.3, 0.4) is 0 Å². The van der Waals surface area contributed by atoms with Crippen molar-refractivity contribution < 1.29 is 4.79 Å². The predicted molar refractivity (Wildman–Crippen MR) is 137 cm³/mol. The van der Waals surface area contributed by atoms with Gasteiger partial charge in [-0.3, -0.25) is 4.79 Å². The van der Waals surface area contributed by atoms with Gasteiger partial charge in [-0.25, -0.2) is 9.97 Å². The van der Waals surface area contributed by atoms with Crippen LogP contribution >= 0.6 is 0 Å². The number of nitrogens with zero attached hydrogens (tertiary/aromatic N) is 4. The van der Waals surface area contributed by atoms with Gasteiger partial charge in [0.1, 0.15) is 16.9 Å². The van der Waals surface area contributed by atoms with Crippen LogP contribution in [0.1, 0.15) is 32.6 Å². The summed E-state index contributed by atoms with van der Waals surface area (Å²) in [6, 6.07) is 21.4. The third-order valence-electron chi connectivity index (χ3n) is 5.74. The van der Waals surface area contributed by atoms with Gasteiger partial charge in [-0.05, 0) is 55.7 Å². The van der Waals surface area contributed by atoms with E-state index in [1.807, 2.05) is 87.5 Å². The number of anilines is 2. The highest BCUT2D eigenvalue weighted by Crippen LogP contribution is 2.29. The van der Waals surface area contributed by atoms with Gasteiger partial charge in [-0.1, -0.05) is 54.1 Å². The number of hydrogen-bond acceptors (Lipinski definition) is 5. The van der Waals surface area contributed by atoms with Crippen LogP contribution in [0.4, 0.5) is 11.5 Å². The fraction of sp³-hybridized carbons (Fsp3) is 0.111. The largest absolute Gasteiger partial charge is 0.383 e. The number of benzene rings is 3. The number of nitrogen functional groups attached to an aromatic ring is 1. The Balaban J connectivity index is 1.66. The zero-order chi connectivity index (χ0) is 23.8. The molecule has 5 rings (SSSR count). The van der Waals surface area contributed by atoms with Crippen molar-refractivity contribution in [2.75, 3.05) is 11.1 Å². The topological polar surface area (TPSA) is 98.2 Å². The number of carbonyl (C=O) groups excluding carboxylic acids is 1. The number of fused-ring (bicyclic) bond motifs is 2. The number of carbonyl (C=O) groups is 1. The molecule has 5 aromatic rings. The van der Waals surface area contributed by atoms with Crippen LogP contribution < -0.4 is 11.1 Å². The van der Waals surface area contributed by atoms with E-state index in [2.05, 4.69) is 10.4 Å². The van der Waals surface area contributed by atoms with Crippen molar-refractivity contribution >= 4 is 45.8 Å². The third-order valence-corrected chi connectivity index (χ3v) is 5.74. The molecule has 2 aromatic heterocycles. The second-order valence-electron chi connectivity index (χ2n) is 8.38. The SMILES string of the molecule is Cc1ccc(/C=N/n2c(N)c(C(=O)Nc3cc(C)ccc3C)c3nc4ccccc4nc32)cc1. The van der Waals surface area contributed by atoms with E-state index in [1.165, 1.54) is 4.68 Å². The molecule has 0 aliphatic rings. The molecule has 7 heteroatoms. The van der Waals surface area contributed by atoms with Crippen LogP contribution in [0.15, 0.2) is 71.8 Å². The molecule has 0 atom stereocenters. The number of rotatable bonds is 4. The van der Waals surface area contributed by atoms with Crippen molar-refractivity contribution in [2.24, 2.45) is 5.10 Å². The molecule has 0 spiro atoms. The van der Waals surface area contributed by atoms with E-state index in [-0.39, 0.29) is 17.3 Å². The Labute approximate surface area is 197 Å². The summed E-state index contributed by atoms with van der Waals surface area (Å²) in [4.78, 5) is 22.9. The van der Waals surface area contributed by atoms with Gasteiger partial charge in [0.05, 0.1) is 17.2 Å². The van der Waals surface area contributed by atoms with E-state index in [0.29, 0.717) is 22.2 Å². The van der Waals surface area contributed by atoms with Gasteiger partial charge in [-0.2, -0.15) is 9.78 Å². The summed E-state index contributed by atoms with van der Waals surface area (Å²) in [6.45, 7) is 5.95. The highest BCUT2D eigenvalue weighted by atomic mass is 16.1. The van der Waals surface area contributed by atoms with Crippen molar-refractivity contribution in [3.05, 3.63) is 94.5 Å². The Morgan fingerprint density at radius 2 is 1.62 bits per heavy atom. The molecule has 0 aliphatic carbocycles.